The van der Waals surface area contributed by atoms with Gasteiger partial charge in [-0.2, -0.15) is 0 Å². The fraction of sp³-hybridized carbons (Fsp3) is 0.351. The highest BCUT2D eigenvalue weighted by Gasteiger charge is 2.51. The number of aliphatic carboxylic acids is 1. The van der Waals surface area contributed by atoms with E-state index in [0.717, 1.165) is 26.0 Å². The molecule has 0 saturated heterocycles. The van der Waals surface area contributed by atoms with Crippen molar-refractivity contribution in [3.05, 3.63) is 109 Å². The number of hydrogen-bond acceptors (Lipinski definition) is 11. The summed E-state index contributed by atoms with van der Waals surface area (Å²) in [4.78, 5) is 84.5. The van der Waals surface area contributed by atoms with Crippen molar-refractivity contribution in [3.8, 4) is 11.4 Å². The first-order chi connectivity index (χ1) is 27.2. The van der Waals surface area contributed by atoms with Gasteiger partial charge in [0.15, 0.2) is 0 Å². The summed E-state index contributed by atoms with van der Waals surface area (Å²) in [5.74, 6) is -2.96. The van der Waals surface area contributed by atoms with Crippen molar-refractivity contribution in [1.82, 2.24) is 24.4 Å². The lowest BCUT2D eigenvalue weighted by molar-refractivity contribution is -0.173. The van der Waals surface area contributed by atoms with Gasteiger partial charge < -0.3 is 34.3 Å². The van der Waals surface area contributed by atoms with Gasteiger partial charge in [0.2, 0.25) is 5.60 Å². The van der Waals surface area contributed by atoms with Gasteiger partial charge in [-0.25, -0.2) is 28.6 Å². The minimum atomic E-state index is -4.53. The number of esters is 1. The van der Waals surface area contributed by atoms with Crippen LogP contribution in [0.4, 0.5) is 4.79 Å². The molecule has 1 unspecified atom stereocenters. The van der Waals surface area contributed by atoms with Gasteiger partial charge >= 0.3 is 25.8 Å². The zero-order chi connectivity index (χ0) is 41.1. The Labute approximate surface area is 325 Å². The summed E-state index contributed by atoms with van der Waals surface area (Å²) < 4.78 is 32.0. The standard InChI is InChI=1S/C37H39N8O11P/c1-4-37(27-18-30-31-25(17-24-7-5-6-8-28(24)40-31)20-45(30)33(47)26(27)21-54-35(37)50)56-36(51)43(2)14-15-44(3)57(52,53)55-16-13-29(34(48)49)41-32(46)23-11-9-22(10-12-23)19-39-42-38/h5-12,17-18,29H,4,13-16,19-21H2,1-3H3,(H,41,46)(H,48,49)(H,52,53)/t29-,37-/m0/s1. The van der Waals surface area contributed by atoms with Crippen molar-refractivity contribution in [2.24, 2.45) is 5.11 Å². The number of likely N-dealkylation sites (N-methyl/N-ethyl adjacent to an activating group) is 2. The number of pyridine rings is 2. The van der Waals surface area contributed by atoms with Crippen LogP contribution >= 0.6 is 7.75 Å². The molecular formula is C37H39N8O11P. The van der Waals surface area contributed by atoms with E-state index in [2.05, 4.69) is 15.3 Å². The van der Waals surface area contributed by atoms with Crippen LogP contribution in [0.15, 0.2) is 70.6 Å². The van der Waals surface area contributed by atoms with Crippen LogP contribution in [0.2, 0.25) is 0 Å². The molecule has 4 heterocycles. The highest BCUT2D eigenvalue weighted by molar-refractivity contribution is 7.50. The number of carbonyl (C=O) groups is 4. The number of hydrogen-bond donors (Lipinski definition) is 3. The third kappa shape index (κ3) is 8.24. The lowest BCUT2D eigenvalue weighted by atomic mass is 9.85. The molecule has 0 spiro atoms. The lowest BCUT2D eigenvalue weighted by Crippen LogP contribution is -2.49. The number of fused-ring (bicyclic) bond motifs is 5. The van der Waals surface area contributed by atoms with Crippen molar-refractivity contribution in [2.45, 2.75) is 51.1 Å². The van der Waals surface area contributed by atoms with Gasteiger partial charge in [-0.3, -0.25) is 14.1 Å². The first-order valence-electron chi connectivity index (χ1n) is 17.8. The van der Waals surface area contributed by atoms with E-state index >= 15 is 0 Å². The molecule has 2 aliphatic heterocycles. The summed E-state index contributed by atoms with van der Waals surface area (Å²) in [6.07, 6.45) is -1.40. The van der Waals surface area contributed by atoms with Crippen molar-refractivity contribution in [3.63, 3.8) is 0 Å². The molecule has 2 aromatic carbocycles. The molecule has 3 N–H and O–H groups in total. The van der Waals surface area contributed by atoms with Crippen LogP contribution in [0.1, 0.15) is 52.4 Å². The first-order valence-corrected chi connectivity index (χ1v) is 19.3. The molecule has 0 fully saturated rings. The van der Waals surface area contributed by atoms with Crippen molar-refractivity contribution < 1.29 is 47.7 Å². The van der Waals surface area contributed by atoms with Crippen LogP contribution in [0.5, 0.6) is 0 Å². The van der Waals surface area contributed by atoms with E-state index in [9.17, 15) is 38.5 Å². The summed E-state index contributed by atoms with van der Waals surface area (Å²) in [5, 5.41) is 16.3. The quantitative estimate of drug-likeness (QED) is 0.0440. The van der Waals surface area contributed by atoms with Gasteiger partial charge in [-0.15, -0.1) is 0 Å². The number of aromatic nitrogens is 2. The lowest BCUT2D eigenvalue weighted by Gasteiger charge is -2.36. The molecule has 2 amide bonds. The van der Waals surface area contributed by atoms with Gasteiger partial charge in [0, 0.05) is 53.5 Å². The molecule has 4 aromatic rings. The van der Waals surface area contributed by atoms with Crippen LogP contribution in [-0.4, -0.2) is 92.9 Å². The molecule has 2 aliphatic rings. The Balaban J connectivity index is 1.08. The average molecular weight is 803 g/mol. The normalized spacial score (nSPS) is 17.0. The highest BCUT2D eigenvalue weighted by atomic mass is 31.2. The van der Waals surface area contributed by atoms with Gasteiger partial charge in [0.25, 0.3) is 11.5 Å². The molecule has 6 rings (SSSR count). The molecule has 298 valence electrons. The molecule has 0 bridgehead atoms. The number of cyclic esters (lactones) is 1. The average Bonchev–Trinajstić information content (AvgIpc) is 3.56. The van der Waals surface area contributed by atoms with Gasteiger partial charge in [0.1, 0.15) is 12.6 Å². The third-order valence-electron chi connectivity index (χ3n) is 9.95. The largest absolute Gasteiger partial charge is 0.480 e. The number of nitrogens with one attached hydrogen (secondary N) is 1. The third-order valence-corrected chi connectivity index (χ3v) is 11.5. The van der Waals surface area contributed by atoms with Crippen LogP contribution in [0.25, 0.3) is 32.7 Å². The first kappa shape index (κ1) is 40.6. The number of rotatable bonds is 15. The second-order valence-electron chi connectivity index (χ2n) is 13.5. The minimum Gasteiger partial charge on any atom is -0.480 e. The number of carboxylic acid groups (broad SMARTS) is 1. The number of carbonyl (C=O) groups excluding carboxylic acids is 3. The predicted molar refractivity (Wildman–Crippen MR) is 203 cm³/mol. The number of carboxylic acids is 1. The predicted octanol–water partition coefficient (Wildman–Crippen LogP) is 4.29. The van der Waals surface area contributed by atoms with Crippen molar-refractivity contribution in [2.75, 3.05) is 33.8 Å². The van der Waals surface area contributed by atoms with E-state index in [-0.39, 0.29) is 62.3 Å². The second kappa shape index (κ2) is 16.6. The van der Waals surface area contributed by atoms with Gasteiger partial charge in [-0.1, -0.05) is 42.4 Å². The maximum atomic E-state index is 13.8. The van der Waals surface area contributed by atoms with Gasteiger partial charge in [0.05, 0.1) is 42.2 Å². The Morgan fingerprint density at radius 2 is 1.88 bits per heavy atom. The summed E-state index contributed by atoms with van der Waals surface area (Å²) in [5.41, 5.74) is 9.85. The number of benzene rings is 2. The van der Waals surface area contributed by atoms with Gasteiger partial charge in [-0.05, 0) is 54.9 Å². The molecule has 3 atom stereocenters. The Hall–Kier alpha value is -6.10. The summed E-state index contributed by atoms with van der Waals surface area (Å²) in [6, 6.07) is 15.7. The Bertz CT molecular complexity index is 2420. The van der Waals surface area contributed by atoms with Crippen LogP contribution in [-0.2, 0) is 53.4 Å². The number of azide groups is 1. The van der Waals surface area contributed by atoms with E-state index in [1.807, 2.05) is 30.3 Å². The highest BCUT2D eigenvalue weighted by Crippen LogP contribution is 2.45. The maximum Gasteiger partial charge on any atom is 0.411 e. The smallest absolute Gasteiger partial charge is 0.411 e. The summed E-state index contributed by atoms with van der Waals surface area (Å²) in [6.45, 7) is 0.723. The Kier molecular flexibility index (Phi) is 11.8. The maximum absolute atomic E-state index is 13.8. The Morgan fingerprint density at radius 3 is 2.58 bits per heavy atom. The number of amides is 2. The van der Waals surface area contributed by atoms with E-state index in [1.165, 1.54) is 26.2 Å². The van der Waals surface area contributed by atoms with E-state index in [1.54, 1.807) is 29.7 Å². The molecule has 57 heavy (non-hydrogen) atoms. The minimum absolute atomic E-state index is 0.0676. The van der Waals surface area contributed by atoms with Crippen molar-refractivity contribution in [1.29, 1.82) is 0 Å². The SMILES string of the molecule is CC[C@@]1(OC(=O)N(C)CCN(C)P(=O)(O)OCC[C@H](NC(=O)c2ccc(CN=[N+]=[N-])cc2)C(=O)O)C(=O)OCc2c1cc1n(c2=O)Cc2cc3ccccc3nc2-1. The van der Waals surface area contributed by atoms with Crippen LogP contribution in [0.3, 0.4) is 0 Å². The van der Waals surface area contributed by atoms with Crippen LogP contribution in [0, 0.1) is 0 Å². The number of para-hydroxylation sites is 1. The molecule has 2 aromatic heterocycles. The molecule has 0 aliphatic carbocycles. The zero-order valence-electron chi connectivity index (χ0n) is 31.2. The molecule has 20 heteroatoms. The molecule has 0 saturated carbocycles. The van der Waals surface area contributed by atoms with E-state index in [0.29, 0.717) is 17.0 Å². The monoisotopic (exact) mass is 802 g/mol. The second-order valence-corrected chi connectivity index (χ2v) is 15.4. The summed E-state index contributed by atoms with van der Waals surface area (Å²) >= 11 is 0. The van der Waals surface area contributed by atoms with E-state index < -0.39 is 55.5 Å². The fourth-order valence-electron chi connectivity index (χ4n) is 6.58. The molecule has 19 nitrogen and oxygen atoms in total. The summed E-state index contributed by atoms with van der Waals surface area (Å²) in [7, 11) is -1.92. The van der Waals surface area contributed by atoms with Crippen LogP contribution < -0.4 is 10.9 Å². The van der Waals surface area contributed by atoms with Crippen molar-refractivity contribution >= 4 is 42.6 Å². The topological polar surface area (TPSA) is 256 Å². The zero-order valence-corrected chi connectivity index (χ0v) is 32.0. The Morgan fingerprint density at radius 1 is 1.14 bits per heavy atom. The number of ether oxygens (including phenoxy) is 2. The molecule has 0 radical (unpaired) electrons. The number of nitrogens with zero attached hydrogens (tertiary/aromatic N) is 7. The molecular weight excluding hydrogens is 763 g/mol. The van der Waals surface area contributed by atoms with E-state index in [4.69, 9.17) is 24.5 Å². The fourth-order valence-corrected chi connectivity index (χ4v) is 7.47.